The molecule has 2 heterocycles. The van der Waals surface area contributed by atoms with Crippen LogP contribution in [0.5, 0.6) is 0 Å². The van der Waals surface area contributed by atoms with E-state index >= 15 is 0 Å². The van der Waals surface area contributed by atoms with Crippen LogP contribution in [0.4, 0.5) is 0 Å². The zero-order valence-electron chi connectivity index (χ0n) is 14.6. The normalized spacial score (nSPS) is 13.0. The third-order valence-electron chi connectivity index (χ3n) is 4.10. The molecule has 0 fully saturated rings. The Morgan fingerprint density at radius 3 is 2.63 bits per heavy atom. The number of methoxy groups -OCH3 is 1. The quantitative estimate of drug-likeness (QED) is 0.314. The van der Waals surface area contributed by atoms with E-state index in [0.717, 1.165) is 4.90 Å². The van der Waals surface area contributed by atoms with Crippen LogP contribution in [0.25, 0.3) is 0 Å². The molecular weight excluding hydrogens is 372 g/mol. The highest BCUT2D eigenvalue weighted by Crippen LogP contribution is 2.24. The number of aromatic nitrogens is 1. The second kappa shape index (κ2) is 8.28. The molecule has 140 valence electrons. The van der Waals surface area contributed by atoms with Gasteiger partial charge >= 0.3 is 5.97 Å². The number of pyridine rings is 1. The highest BCUT2D eigenvalue weighted by atomic mass is 35.5. The molecular formula is C19H17ClN2O5. The summed E-state index contributed by atoms with van der Waals surface area (Å²) in [4.78, 5) is 42.2. The fourth-order valence-electron chi connectivity index (χ4n) is 2.71. The van der Waals surface area contributed by atoms with Gasteiger partial charge in [0.25, 0.3) is 11.8 Å². The first-order valence-corrected chi connectivity index (χ1v) is 8.66. The van der Waals surface area contributed by atoms with Crippen molar-refractivity contribution in [2.24, 2.45) is 0 Å². The Labute approximate surface area is 160 Å². The average molecular weight is 389 g/mol. The second-order valence-electron chi connectivity index (χ2n) is 5.93. The molecule has 3 rings (SSSR count). The molecule has 1 aromatic carbocycles. The molecule has 0 N–H and O–H groups in total. The Morgan fingerprint density at radius 1 is 1.15 bits per heavy atom. The SMILES string of the molecule is COCCCN1C(=O)c2ccc(C(=O)OCc3ccc(Cl)nc3)cc2C1=O. The molecule has 27 heavy (non-hydrogen) atoms. The maximum absolute atomic E-state index is 12.5. The number of hydrogen-bond donors (Lipinski definition) is 0. The van der Waals surface area contributed by atoms with Crippen LogP contribution < -0.4 is 0 Å². The van der Waals surface area contributed by atoms with E-state index in [1.54, 1.807) is 19.2 Å². The number of carbonyl (C=O) groups excluding carboxylic acids is 3. The van der Waals surface area contributed by atoms with Crippen LogP contribution in [0, 0.1) is 0 Å². The highest BCUT2D eigenvalue weighted by Gasteiger charge is 2.35. The predicted molar refractivity (Wildman–Crippen MR) is 96.7 cm³/mol. The number of imide groups is 1. The van der Waals surface area contributed by atoms with Gasteiger partial charge in [-0.2, -0.15) is 0 Å². The number of benzene rings is 1. The van der Waals surface area contributed by atoms with Gasteiger partial charge in [-0.3, -0.25) is 14.5 Å². The van der Waals surface area contributed by atoms with E-state index < -0.39 is 11.9 Å². The van der Waals surface area contributed by atoms with Crippen LogP contribution in [0.1, 0.15) is 43.1 Å². The van der Waals surface area contributed by atoms with Crippen molar-refractivity contribution in [3.63, 3.8) is 0 Å². The molecule has 1 aliphatic rings. The van der Waals surface area contributed by atoms with E-state index in [-0.39, 0.29) is 35.7 Å². The summed E-state index contributed by atoms with van der Waals surface area (Å²) in [7, 11) is 1.56. The van der Waals surface area contributed by atoms with Gasteiger partial charge in [-0.15, -0.1) is 0 Å². The number of hydrogen-bond acceptors (Lipinski definition) is 6. The summed E-state index contributed by atoms with van der Waals surface area (Å²) in [5, 5.41) is 0.349. The van der Waals surface area contributed by atoms with Crippen molar-refractivity contribution in [2.75, 3.05) is 20.3 Å². The molecule has 7 nitrogen and oxygen atoms in total. The van der Waals surface area contributed by atoms with E-state index in [0.29, 0.717) is 23.7 Å². The molecule has 2 aromatic rings. The van der Waals surface area contributed by atoms with E-state index in [1.165, 1.54) is 24.4 Å². The van der Waals surface area contributed by atoms with Gasteiger partial charge in [0.15, 0.2) is 0 Å². The Bertz CT molecular complexity index is 882. The number of fused-ring (bicyclic) bond motifs is 1. The van der Waals surface area contributed by atoms with Crippen LogP contribution in [-0.2, 0) is 16.1 Å². The maximum Gasteiger partial charge on any atom is 0.338 e. The number of rotatable bonds is 7. The van der Waals surface area contributed by atoms with Crippen molar-refractivity contribution in [3.05, 3.63) is 63.9 Å². The van der Waals surface area contributed by atoms with Gasteiger partial charge in [0.1, 0.15) is 11.8 Å². The average Bonchev–Trinajstić information content (AvgIpc) is 2.92. The number of halogens is 1. The molecule has 0 saturated heterocycles. The van der Waals surface area contributed by atoms with Gasteiger partial charge in [-0.05, 0) is 30.7 Å². The minimum absolute atomic E-state index is 0.0239. The first kappa shape index (κ1) is 19.0. The third-order valence-corrected chi connectivity index (χ3v) is 4.32. The zero-order chi connectivity index (χ0) is 19.4. The first-order valence-electron chi connectivity index (χ1n) is 8.28. The van der Waals surface area contributed by atoms with Crippen molar-refractivity contribution in [1.29, 1.82) is 0 Å². The van der Waals surface area contributed by atoms with Crippen LogP contribution in [0.15, 0.2) is 36.5 Å². The molecule has 0 atom stereocenters. The molecule has 8 heteroatoms. The van der Waals surface area contributed by atoms with Crippen molar-refractivity contribution < 1.29 is 23.9 Å². The summed E-state index contributed by atoms with van der Waals surface area (Å²) in [5.41, 5.74) is 1.39. The van der Waals surface area contributed by atoms with Crippen LogP contribution in [-0.4, -0.2) is 47.9 Å². The lowest BCUT2D eigenvalue weighted by molar-refractivity contribution is 0.0472. The molecule has 0 saturated carbocycles. The van der Waals surface area contributed by atoms with E-state index in [4.69, 9.17) is 21.1 Å². The Morgan fingerprint density at radius 2 is 1.93 bits per heavy atom. The zero-order valence-corrected chi connectivity index (χ0v) is 15.4. The number of ether oxygens (including phenoxy) is 2. The molecule has 0 bridgehead atoms. The number of esters is 1. The fraction of sp³-hybridized carbons (Fsp3) is 0.263. The number of carbonyl (C=O) groups is 3. The van der Waals surface area contributed by atoms with Crippen molar-refractivity contribution in [3.8, 4) is 0 Å². The van der Waals surface area contributed by atoms with Crippen molar-refractivity contribution in [1.82, 2.24) is 9.88 Å². The number of nitrogens with zero attached hydrogens (tertiary/aromatic N) is 2. The van der Waals surface area contributed by atoms with Gasteiger partial charge in [0.2, 0.25) is 0 Å². The lowest BCUT2D eigenvalue weighted by Crippen LogP contribution is -2.31. The molecule has 2 amide bonds. The van der Waals surface area contributed by atoms with Gasteiger partial charge < -0.3 is 9.47 Å². The molecule has 0 unspecified atom stereocenters. The second-order valence-corrected chi connectivity index (χ2v) is 6.32. The van der Waals surface area contributed by atoms with Gasteiger partial charge in [0.05, 0.1) is 16.7 Å². The van der Waals surface area contributed by atoms with Crippen LogP contribution >= 0.6 is 11.6 Å². The van der Waals surface area contributed by atoms with E-state index in [9.17, 15) is 14.4 Å². The van der Waals surface area contributed by atoms with Crippen LogP contribution in [0.3, 0.4) is 0 Å². The third kappa shape index (κ3) is 4.15. The van der Waals surface area contributed by atoms with Gasteiger partial charge in [-0.1, -0.05) is 17.7 Å². The van der Waals surface area contributed by atoms with Gasteiger partial charge in [-0.25, -0.2) is 9.78 Å². The Balaban J connectivity index is 1.69. The summed E-state index contributed by atoms with van der Waals surface area (Å²) >= 11 is 5.71. The lowest BCUT2D eigenvalue weighted by atomic mass is 10.1. The Hall–Kier alpha value is -2.77. The smallest absolute Gasteiger partial charge is 0.338 e. The minimum atomic E-state index is -0.592. The summed E-state index contributed by atoms with van der Waals surface area (Å²) in [6.07, 6.45) is 2.06. The lowest BCUT2D eigenvalue weighted by Gasteiger charge is -2.12. The maximum atomic E-state index is 12.5. The first-order chi connectivity index (χ1) is 13.0. The molecule has 0 spiro atoms. The predicted octanol–water partition coefficient (Wildman–Crippen LogP) is 2.72. The molecule has 1 aliphatic heterocycles. The van der Waals surface area contributed by atoms with E-state index in [1.807, 2.05) is 0 Å². The highest BCUT2D eigenvalue weighted by molar-refractivity contribution is 6.29. The number of amides is 2. The monoisotopic (exact) mass is 388 g/mol. The minimum Gasteiger partial charge on any atom is -0.457 e. The van der Waals surface area contributed by atoms with Crippen molar-refractivity contribution in [2.45, 2.75) is 13.0 Å². The summed E-state index contributed by atoms with van der Waals surface area (Å²) < 4.78 is 10.2. The molecule has 0 aliphatic carbocycles. The van der Waals surface area contributed by atoms with Gasteiger partial charge in [0, 0.05) is 32.0 Å². The summed E-state index contributed by atoms with van der Waals surface area (Å²) in [5.74, 6) is -1.37. The van der Waals surface area contributed by atoms with E-state index in [2.05, 4.69) is 4.98 Å². The van der Waals surface area contributed by atoms with Crippen molar-refractivity contribution >= 4 is 29.4 Å². The van der Waals surface area contributed by atoms with Crippen LogP contribution in [0.2, 0.25) is 5.15 Å². The summed E-state index contributed by atoms with van der Waals surface area (Å²) in [6.45, 7) is 0.740. The molecule has 0 radical (unpaired) electrons. The largest absolute Gasteiger partial charge is 0.457 e. The fourth-order valence-corrected chi connectivity index (χ4v) is 2.82. The summed E-state index contributed by atoms with van der Waals surface area (Å²) in [6, 6.07) is 7.65. The Kier molecular flexibility index (Phi) is 5.83. The standard InChI is InChI=1S/C19H17ClN2O5/c1-26-8-2-7-22-17(23)14-5-4-13(9-15(14)18(22)24)19(25)27-11-12-3-6-16(20)21-10-12/h3-6,9-10H,2,7-8,11H2,1H3. The topological polar surface area (TPSA) is 85.8 Å². The molecule has 1 aromatic heterocycles.